The lowest BCUT2D eigenvalue weighted by atomic mass is 10.2. The number of carbonyl (C=O) groups is 1. The maximum Gasteiger partial charge on any atom is 0.222 e. The highest BCUT2D eigenvalue weighted by Crippen LogP contribution is 2.13. The summed E-state index contributed by atoms with van der Waals surface area (Å²) in [5.41, 5.74) is 1.08. The number of carbonyl (C=O) groups excluding carboxylic acids is 1. The molecule has 1 rings (SSSR count). The van der Waals surface area contributed by atoms with Crippen LogP contribution in [-0.2, 0) is 11.3 Å². The number of benzene rings is 1. The average molecular weight is 235 g/mol. The Morgan fingerprint density at radius 1 is 1.18 bits per heavy atom. The van der Waals surface area contributed by atoms with Crippen molar-refractivity contribution in [2.45, 2.75) is 40.3 Å². The molecule has 0 saturated carbocycles. The van der Waals surface area contributed by atoms with E-state index in [0.29, 0.717) is 6.54 Å². The van der Waals surface area contributed by atoms with Crippen molar-refractivity contribution in [3.8, 4) is 5.75 Å². The molecule has 0 aliphatic heterocycles. The quantitative estimate of drug-likeness (QED) is 0.852. The fourth-order valence-corrected chi connectivity index (χ4v) is 1.35. The van der Waals surface area contributed by atoms with Crippen molar-refractivity contribution < 1.29 is 9.53 Å². The largest absolute Gasteiger partial charge is 0.491 e. The lowest BCUT2D eigenvalue weighted by Gasteiger charge is -2.11. The molecule has 0 unspecified atom stereocenters. The van der Waals surface area contributed by atoms with Gasteiger partial charge in [0.1, 0.15) is 5.75 Å². The van der Waals surface area contributed by atoms with Gasteiger partial charge < -0.3 is 10.1 Å². The van der Waals surface area contributed by atoms with Crippen LogP contribution in [-0.4, -0.2) is 12.0 Å². The summed E-state index contributed by atoms with van der Waals surface area (Å²) in [5.74, 6) is 0.963. The van der Waals surface area contributed by atoms with E-state index in [4.69, 9.17) is 4.74 Å². The molecular formula is C14H21NO2. The summed E-state index contributed by atoms with van der Waals surface area (Å²) in [6.07, 6.45) is 0.182. The van der Waals surface area contributed by atoms with E-state index in [1.54, 1.807) is 0 Å². The monoisotopic (exact) mass is 235 g/mol. The van der Waals surface area contributed by atoms with Gasteiger partial charge in [-0.3, -0.25) is 4.79 Å². The molecular weight excluding hydrogens is 214 g/mol. The lowest BCUT2D eigenvalue weighted by molar-refractivity contribution is -0.124. The van der Waals surface area contributed by atoms with Gasteiger partial charge in [-0.25, -0.2) is 0 Å². The molecule has 1 aromatic carbocycles. The Balaban J connectivity index is 2.48. The Morgan fingerprint density at radius 2 is 1.76 bits per heavy atom. The van der Waals surface area contributed by atoms with Crippen molar-refractivity contribution in [3.63, 3.8) is 0 Å². The Morgan fingerprint density at radius 3 is 2.24 bits per heavy atom. The van der Waals surface area contributed by atoms with Gasteiger partial charge in [-0.1, -0.05) is 26.0 Å². The predicted molar refractivity (Wildman–Crippen MR) is 68.9 cm³/mol. The van der Waals surface area contributed by atoms with Crippen molar-refractivity contribution in [2.75, 3.05) is 0 Å². The molecule has 0 saturated heterocycles. The standard InChI is InChI=1S/C14H21NO2/c1-10(2)14(16)15-9-12-5-7-13(8-6-12)17-11(3)4/h5-8,10-11H,9H2,1-4H3,(H,15,16). The number of amides is 1. The minimum atomic E-state index is 0.0264. The minimum absolute atomic E-state index is 0.0264. The Bertz CT molecular complexity index is 355. The highest BCUT2D eigenvalue weighted by Gasteiger charge is 2.05. The van der Waals surface area contributed by atoms with Crippen molar-refractivity contribution in [1.82, 2.24) is 5.32 Å². The lowest BCUT2D eigenvalue weighted by Crippen LogP contribution is -2.27. The molecule has 0 aliphatic carbocycles. The molecule has 17 heavy (non-hydrogen) atoms. The fraction of sp³-hybridized carbons (Fsp3) is 0.500. The molecule has 0 heterocycles. The van der Waals surface area contributed by atoms with E-state index in [-0.39, 0.29) is 17.9 Å². The predicted octanol–water partition coefficient (Wildman–Crippen LogP) is 2.75. The number of rotatable bonds is 5. The second kappa shape index (κ2) is 6.28. The number of nitrogens with one attached hydrogen (secondary N) is 1. The van der Waals surface area contributed by atoms with Gasteiger partial charge in [0.25, 0.3) is 0 Å². The smallest absolute Gasteiger partial charge is 0.222 e. The van der Waals surface area contributed by atoms with Gasteiger partial charge >= 0.3 is 0 Å². The van der Waals surface area contributed by atoms with Crippen LogP contribution in [0.5, 0.6) is 5.75 Å². The number of ether oxygens (including phenoxy) is 1. The maximum absolute atomic E-state index is 11.4. The molecule has 0 bridgehead atoms. The summed E-state index contributed by atoms with van der Waals surface area (Å²) in [4.78, 5) is 11.4. The normalized spacial score (nSPS) is 10.7. The molecule has 0 atom stereocenters. The molecule has 1 aromatic rings. The summed E-state index contributed by atoms with van der Waals surface area (Å²) in [6.45, 7) is 8.33. The molecule has 0 aromatic heterocycles. The Hall–Kier alpha value is -1.51. The zero-order valence-corrected chi connectivity index (χ0v) is 11.0. The fourth-order valence-electron chi connectivity index (χ4n) is 1.35. The summed E-state index contributed by atoms with van der Waals surface area (Å²) >= 11 is 0. The van der Waals surface area contributed by atoms with E-state index < -0.39 is 0 Å². The summed E-state index contributed by atoms with van der Waals surface area (Å²) in [5, 5.41) is 2.88. The third-order valence-electron chi connectivity index (χ3n) is 2.29. The van der Waals surface area contributed by atoms with Crippen LogP contribution in [0.1, 0.15) is 33.3 Å². The first-order valence-corrected chi connectivity index (χ1v) is 6.02. The third kappa shape index (κ3) is 4.89. The molecule has 0 fully saturated rings. The first kappa shape index (κ1) is 13.6. The molecule has 3 nitrogen and oxygen atoms in total. The highest BCUT2D eigenvalue weighted by molar-refractivity contribution is 5.77. The van der Waals surface area contributed by atoms with Gasteiger partial charge in [-0.15, -0.1) is 0 Å². The van der Waals surface area contributed by atoms with Gasteiger partial charge in [0.15, 0.2) is 0 Å². The zero-order valence-electron chi connectivity index (χ0n) is 11.0. The van der Waals surface area contributed by atoms with Crippen molar-refractivity contribution in [1.29, 1.82) is 0 Å². The molecule has 0 aliphatic rings. The van der Waals surface area contributed by atoms with E-state index >= 15 is 0 Å². The van der Waals surface area contributed by atoms with Crippen LogP contribution in [0.3, 0.4) is 0 Å². The van der Waals surface area contributed by atoms with E-state index in [1.165, 1.54) is 0 Å². The van der Waals surface area contributed by atoms with E-state index in [0.717, 1.165) is 11.3 Å². The minimum Gasteiger partial charge on any atom is -0.491 e. The summed E-state index contributed by atoms with van der Waals surface area (Å²) in [7, 11) is 0. The molecule has 1 N–H and O–H groups in total. The second-order valence-electron chi connectivity index (χ2n) is 4.68. The van der Waals surface area contributed by atoms with Crippen molar-refractivity contribution in [3.05, 3.63) is 29.8 Å². The van der Waals surface area contributed by atoms with Crippen LogP contribution in [0.25, 0.3) is 0 Å². The molecule has 94 valence electrons. The van der Waals surface area contributed by atoms with Crippen LogP contribution in [0, 0.1) is 5.92 Å². The zero-order chi connectivity index (χ0) is 12.8. The Labute approximate surface area is 103 Å². The van der Waals surface area contributed by atoms with Gasteiger partial charge in [-0.05, 0) is 31.5 Å². The molecule has 0 radical (unpaired) electrons. The average Bonchev–Trinajstić information content (AvgIpc) is 2.26. The number of hydrogen-bond donors (Lipinski definition) is 1. The van der Waals surface area contributed by atoms with Crippen LogP contribution >= 0.6 is 0 Å². The van der Waals surface area contributed by atoms with Gasteiger partial charge in [0.05, 0.1) is 6.10 Å². The van der Waals surface area contributed by atoms with Crippen LogP contribution < -0.4 is 10.1 Å². The van der Waals surface area contributed by atoms with Crippen LogP contribution in [0.4, 0.5) is 0 Å². The van der Waals surface area contributed by atoms with Crippen molar-refractivity contribution >= 4 is 5.91 Å². The van der Waals surface area contributed by atoms with Gasteiger partial charge in [0.2, 0.25) is 5.91 Å². The van der Waals surface area contributed by atoms with E-state index in [2.05, 4.69) is 5.32 Å². The third-order valence-corrected chi connectivity index (χ3v) is 2.29. The van der Waals surface area contributed by atoms with Crippen LogP contribution in [0.15, 0.2) is 24.3 Å². The van der Waals surface area contributed by atoms with Gasteiger partial charge in [0, 0.05) is 12.5 Å². The maximum atomic E-state index is 11.4. The first-order valence-electron chi connectivity index (χ1n) is 6.02. The Kier molecular flexibility index (Phi) is 5.01. The molecule has 1 amide bonds. The van der Waals surface area contributed by atoms with Gasteiger partial charge in [-0.2, -0.15) is 0 Å². The SMILES string of the molecule is CC(C)Oc1ccc(CNC(=O)C(C)C)cc1. The van der Waals surface area contributed by atoms with Crippen molar-refractivity contribution in [2.24, 2.45) is 5.92 Å². The van der Waals surface area contributed by atoms with E-state index in [9.17, 15) is 4.79 Å². The summed E-state index contributed by atoms with van der Waals surface area (Å²) in [6, 6.07) is 7.80. The van der Waals surface area contributed by atoms with Crippen LogP contribution in [0.2, 0.25) is 0 Å². The first-order chi connectivity index (χ1) is 7.99. The highest BCUT2D eigenvalue weighted by atomic mass is 16.5. The topological polar surface area (TPSA) is 38.3 Å². The molecule has 3 heteroatoms. The van der Waals surface area contributed by atoms with E-state index in [1.807, 2.05) is 52.0 Å². The summed E-state index contributed by atoms with van der Waals surface area (Å²) < 4.78 is 5.55. The second-order valence-corrected chi connectivity index (χ2v) is 4.68. The number of hydrogen-bond acceptors (Lipinski definition) is 2. The molecule has 0 spiro atoms.